The van der Waals surface area contributed by atoms with Crippen LogP contribution in [0.2, 0.25) is 0 Å². The molecule has 20 heavy (non-hydrogen) atoms. The van der Waals surface area contributed by atoms with E-state index in [1.807, 2.05) is 24.3 Å². The van der Waals surface area contributed by atoms with Crippen molar-refractivity contribution in [2.45, 2.75) is 0 Å². The van der Waals surface area contributed by atoms with E-state index in [4.69, 9.17) is 0 Å². The first-order chi connectivity index (χ1) is 9.72. The first kappa shape index (κ1) is 12.4. The summed E-state index contributed by atoms with van der Waals surface area (Å²) in [6.07, 6.45) is 7.28. The molecule has 0 bridgehead atoms. The number of benzene rings is 1. The van der Waals surface area contributed by atoms with Crippen molar-refractivity contribution >= 4 is 39.4 Å². The number of non-ortho nitro benzene ring substituents is 1. The maximum absolute atomic E-state index is 10.7. The quantitative estimate of drug-likeness (QED) is 0.542. The van der Waals surface area contributed by atoms with Gasteiger partial charge < -0.3 is 0 Å². The van der Waals surface area contributed by atoms with Crippen LogP contribution >= 0.6 is 11.3 Å². The second kappa shape index (κ2) is 5.18. The molecule has 0 radical (unpaired) electrons. The van der Waals surface area contributed by atoms with Gasteiger partial charge >= 0.3 is 0 Å². The summed E-state index contributed by atoms with van der Waals surface area (Å²) in [4.78, 5) is 18.7. The van der Waals surface area contributed by atoms with Gasteiger partial charge in [-0.1, -0.05) is 6.08 Å². The van der Waals surface area contributed by atoms with E-state index in [1.54, 1.807) is 24.5 Å². The van der Waals surface area contributed by atoms with Crippen LogP contribution < -0.4 is 0 Å². The van der Waals surface area contributed by atoms with E-state index >= 15 is 0 Å². The fraction of sp³-hybridized carbons (Fsp3) is 0. The van der Waals surface area contributed by atoms with Crippen molar-refractivity contribution in [1.82, 2.24) is 9.97 Å². The molecule has 0 fully saturated rings. The Labute approximate surface area is 118 Å². The molecule has 0 saturated heterocycles. The lowest BCUT2D eigenvalue weighted by molar-refractivity contribution is -0.384. The van der Waals surface area contributed by atoms with Crippen LogP contribution in [0.15, 0.2) is 42.7 Å². The summed E-state index contributed by atoms with van der Waals surface area (Å²) in [7, 11) is 0. The molecule has 0 spiro atoms. The first-order valence-corrected chi connectivity index (χ1v) is 6.67. The van der Waals surface area contributed by atoms with Gasteiger partial charge in [0.05, 0.1) is 15.1 Å². The Kier molecular flexibility index (Phi) is 3.22. The molecule has 3 rings (SSSR count). The molecule has 5 nitrogen and oxygen atoms in total. The molecule has 3 aromatic rings. The normalized spacial score (nSPS) is 11.2. The van der Waals surface area contributed by atoms with Crippen molar-refractivity contribution in [2.24, 2.45) is 0 Å². The smallest absolute Gasteiger partial charge is 0.265 e. The average molecular weight is 283 g/mol. The number of aromatic nitrogens is 2. The Hall–Kier alpha value is -2.60. The minimum atomic E-state index is -0.397. The Morgan fingerprint density at radius 3 is 2.70 bits per heavy atom. The van der Waals surface area contributed by atoms with Gasteiger partial charge in [-0.3, -0.25) is 15.1 Å². The predicted molar refractivity (Wildman–Crippen MR) is 79.4 cm³/mol. The molecular formula is C14H9N3O2S. The van der Waals surface area contributed by atoms with Gasteiger partial charge in [-0.2, -0.15) is 0 Å². The van der Waals surface area contributed by atoms with E-state index in [0.29, 0.717) is 0 Å². The highest BCUT2D eigenvalue weighted by molar-refractivity contribution is 7.19. The highest BCUT2D eigenvalue weighted by Gasteiger charge is 2.08. The third kappa shape index (κ3) is 2.55. The summed E-state index contributed by atoms with van der Waals surface area (Å²) < 4.78 is 0.813. The van der Waals surface area contributed by atoms with Crippen LogP contribution in [0.4, 0.5) is 5.69 Å². The van der Waals surface area contributed by atoms with Crippen LogP contribution in [-0.2, 0) is 0 Å². The lowest BCUT2D eigenvalue weighted by atomic mass is 10.2. The van der Waals surface area contributed by atoms with E-state index in [2.05, 4.69) is 9.97 Å². The number of nitrogens with zero attached hydrogens (tertiary/aromatic N) is 3. The predicted octanol–water partition coefficient (Wildman–Crippen LogP) is 3.77. The topological polar surface area (TPSA) is 68.9 Å². The zero-order valence-electron chi connectivity index (χ0n) is 10.3. The van der Waals surface area contributed by atoms with Gasteiger partial charge in [-0.15, -0.1) is 11.3 Å². The fourth-order valence-corrected chi connectivity index (χ4v) is 2.66. The number of hydrogen-bond acceptors (Lipinski definition) is 5. The minimum Gasteiger partial charge on any atom is -0.265 e. The number of thiazole rings is 1. The van der Waals surface area contributed by atoms with Gasteiger partial charge in [0.1, 0.15) is 5.01 Å². The van der Waals surface area contributed by atoms with Crippen LogP contribution in [0.3, 0.4) is 0 Å². The van der Waals surface area contributed by atoms with E-state index in [-0.39, 0.29) is 5.69 Å². The summed E-state index contributed by atoms with van der Waals surface area (Å²) in [5, 5.41) is 11.5. The Balaban J connectivity index is 1.93. The standard InChI is InChI=1S/C14H9N3O2S/c18-17(19)11-2-3-12-13(9-11)20-14(16-12)4-1-10-5-7-15-8-6-10/h1-9H. The number of nitro benzene ring substituents is 1. The van der Waals surface area contributed by atoms with Gasteiger partial charge in [0.15, 0.2) is 0 Å². The van der Waals surface area contributed by atoms with Gasteiger partial charge in [0, 0.05) is 24.5 Å². The van der Waals surface area contributed by atoms with Crippen LogP contribution in [0.1, 0.15) is 10.6 Å². The Bertz CT molecular complexity index is 797. The molecule has 0 unspecified atom stereocenters. The second-order valence-electron chi connectivity index (χ2n) is 4.08. The molecule has 98 valence electrons. The molecule has 0 aliphatic heterocycles. The summed E-state index contributed by atoms with van der Waals surface area (Å²) in [5.41, 5.74) is 1.89. The number of pyridine rings is 1. The van der Waals surface area contributed by atoms with E-state index in [9.17, 15) is 10.1 Å². The van der Waals surface area contributed by atoms with Crippen molar-refractivity contribution in [3.8, 4) is 0 Å². The third-order valence-corrected chi connectivity index (χ3v) is 3.71. The second-order valence-corrected chi connectivity index (χ2v) is 5.14. The molecule has 1 aromatic carbocycles. The van der Waals surface area contributed by atoms with Gasteiger partial charge in [0.2, 0.25) is 0 Å². The molecule has 0 amide bonds. The first-order valence-electron chi connectivity index (χ1n) is 5.85. The monoisotopic (exact) mass is 283 g/mol. The Morgan fingerprint density at radius 1 is 1.15 bits per heavy atom. The highest BCUT2D eigenvalue weighted by Crippen LogP contribution is 2.27. The maximum atomic E-state index is 10.7. The summed E-state index contributed by atoms with van der Waals surface area (Å²) in [6, 6.07) is 8.49. The van der Waals surface area contributed by atoms with Crippen molar-refractivity contribution in [1.29, 1.82) is 0 Å². The molecule has 0 saturated carbocycles. The summed E-state index contributed by atoms with van der Waals surface area (Å²) in [5.74, 6) is 0. The zero-order chi connectivity index (χ0) is 13.9. The third-order valence-electron chi connectivity index (χ3n) is 2.72. The molecule has 2 aromatic heterocycles. The molecule has 0 aliphatic rings. The highest BCUT2D eigenvalue weighted by atomic mass is 32.1. The SMILES string of the molecule is O=[N+]([O-])c1ccc2nc(C=Cc3ccncc3)sc2c1. The van der Waals surface area contributed by atoms with Gasteiger partial charge in [-0.05, 0) is 29.8 Å². The molecule has 6 heteroatoms. The lowest BCUT2D eigenvalue weighted by Crippen LogP contribution is -1.85. The largest absolute Gasteiger partial charge is 0.270 e. The van der Waals surface area contributed by atoms with Crippen LogP contribution in [0.25, 0.3) is 22.4 Å². The summed E-state index contributed by atoms with van der Waals surface area (Å²) in [6.45, 7) is 0. The molecule has 2 heterocycles. The number of fused-ring (bicyclic) bond motifs is 1. The van der Waals surface area contributed by atoms with E-state index in [1.165, 1.54) is 17.4 Å². The molecule has 0 aliphatic carbocycles. The van der Waals surface area contributed by atoms with Crippen LogP contribution in [0.5, 0.6) is 0 Å². The number of nitro groups is 1. The number of hydrogen-bond donors (Lipinski definition) is 0. The fourth-order valence-electron chi connectivity index (χ4n) is 1.76. The minimum absolute atomic E-state index is 0.0887. The Morgan fingerprint density at radius 2 is 1.95 bits per heavy atom. The van der Waals surface area contributed by atoms with Crippen molar-refractivity contribution < 1.29 is 4.92 Å². The zero-order valence-corrected chi connectivity index (χ0v) is 11.1. The molecular weight excluding hydrogens is 274 g/mol. The van der Waals surface area contributed by atoms with Gasteiger partial charge in [-0.25, -0.2) is 4.98 Å². The number of rotatable bonds is 3. The molecule has 0 N–H and O–H groups in total. The van der Waals surface area contributed by atoms with Gasteiger partial charge in [0.25, 0.3) is 5.69 Å². The maximum Gasteiger partial charge on any atom is 0.270 e. The van der Waals surface area contributed by atoms with E-state index in [0.717, 1.165) is 20.8 Å². The van der Waals surface area contributed by atoms with Crippen LogP contribution in [0, 0.1) is 10.1 Å². The van der Waals surface area contributed by atoms with Crippen LogP contribution in [-0.4, -0.2) is 14.9 Å². The molecule has 0 atom stereocenters. The van der Waals surface area contributed by atoms with E-state index < -0.39 is 4.92 Å². The average Bonchev–Trinajstić information content (AvgIpc) is 2.88. The van der Waals surface area contributed by atoms with Crippen molar-refractivity contribution in [3.05, 3.63) is 63.4 Å². The van der Waals surface area contributed by atoms with Crippen molar-refractivity contribution in [3.63, 3.8) is 0 Å². The lowest BCUT2D eigenvalue weighted by Gasteiger charge is -1.89. The summed E-state index contributed by atoms with van der Waals surface area (Å²) >= 11 is 1.43. The van der Waals surface area contributed by atoms with Crippen molar-refractivity contribution in [2.75, 3.05) is 0 Å².